The lowest BCUT2D eigenvalue weighted by Gasteiger charge is -2.48. The van der Waals surface area contributed by atoms with Crippen LogP contribution in [0.25, 0.3) is 0 Å². The number of amides is 1. The van der Waals surface area contributed by atoms with Crippen molar-refractivity contribution in [2.75, 3.05) is 26.4 Å². The summed E-state index contributed by atoms with van der Waals surface area (Å²) in [4.78, 5) is 12.6. The molecular weight excluding hydrogens is 867 g/mol. The maximum Gasteiger partial charge on any atom is 0.220 e. The highest BCUT2D eigenvalue weighted by Gasteiger charge is 2.53. The molecule has 0 spiro atoms. The van der Waals surface area contributed by atoms with Crippen LogP contribution >= 0.6 is 0 Å². The number of ether oxygens (including phenoxy) is 6. The zero-order valence-electron chi connectivity index (χ0n) is 39.2. The minimum atomic E-state index is -1.97. The van der Waals surface area contributed by atoms with E-state index in [4.69, 9.17) is 28.4 Å². The van der Waals surface area contributed by atoms with Crippen molar-refractivity contribution in [1.82, 2.24) is 5.32 Å². The fraction of sp³-hybridized carbons (Fsp3) is 0.894. The predicted octanol–water partition coefficient (Wildman–Crippen LogP) is 0.861. The van der Waals surface area contributed by atoms with Gasteiger partial charge in [-0.1, -0.05) is 122 Å². The number of nitrogens with one attached hydrogen (secondary N) is 1. The molecule has 386 valence electrons. The third kappa shape index (κ3) is 19.2. The summed E-state index contributed by atoms with van der Waals surface area (Å²) in [6.07, 6.45) is 2.58. The van der Waals surface area contributed by atoms with Gasteiger partial charge in [-0.3, -0.25) is 4.79 Å². The van der Waals surface area contributed by atoms with E-state index in [1.165, 1.54) is 83.5 Å². The molecule has 17 unspecified atom stereocenters. The first-order valence-electron chi connectivity index (χ1n) is 24.6. The molecule has 3 fully saturated rings. The Labute approximate surface area is 390 Å². The molecule has 0 aromatic rings. The highest BCUT2D eigenvalue weighted by molar-refractivity contribution is 5.76. The highest BCUT2D eigenvalue weighted by Crippen LogP contribution is 2.33. The number of aliphatic hydroxyl groups is 11. The summed E-state index contributed by atoms with van der Waals surface area (Å²) in [6, 6.07) is -0.980. The number of hydrogen-bond acceptors (Lipinski definition) is 18. The zero-order valence-corrected chi connectivity index (χ0v) is 39.2. The minimum Gasteiger partial charge on any atom is -0.394 e. The molecule has 0 aromatic heterocycles. The molecule has 3 aliphatic rings. The Hall–Kier alpha value is -1.73. The van der Waals surface area contributed by atoms with Gasteiger partial charge in [-0.25, -0.2) is 0 Å². The number of carbonyl (C=O) groups excluding carboxylic acids is 1. The van der Waals surface area contributed by atoms with Crippen LogP contribution in [0.15, 0.2) is 24.3 Å². The van der Waals surface area contributed by atoms with Gasteiger partial charge in [0.2, 0.25) is 5.91 Å². The average Bonchev–Trinajstić information content (AvgIpc) is 3.31. The Morgan fingerprint density at radius 2 is 0.970 bits per heavy atom. The molecule has 12 N–H and O–H groups in total. The largest absolute Gasteiger partial charge is 0.394 e. The fourth-order valence-electron chi connectivity index (χ4n) is 8.37. The van der Waals surface area contributed by atoms with Crippen LogP contribution in [-0.4, -0.2) is 193 Å². The second kappa shape index (κ2) is 33.0. The molecule has 3 saturated heterocycles. The maximum atomic E-state index is 12.6. The predicted molar refractivity (Wildman–Crippen MR) is 240 cm³/mol. The van der Waals surface area contributed by atoms with E-state index in [1.807, 2.05) is 13.0 Å². The normalized spacial score (nSPS) is 34.0. The molecule has 0 saturated carbocycles. The lowest BCUT2D eigenvalue weighted by Crippen LogP contribution is -2.66. The van der Waals surface area contributed by atoms with Gasteiger partial charge in [0.1, 0.15) is 73.2 Å². The Bertz CT molecular complexity index is 1330. The molecule has 0 aliphatic carbocycles. The van der Waals surface area contributed by atoms with Crippen molar-refractivity contribution in [1.29, 1.82) is 0 Å². The summed E-state index contributed by atoms with van der Waals surface area (Å²) in [5, 5.41) is 118. The SMILES string of the molecule is CCCCCCCCCCCCCCCC/C=C/CC/C=C/C(O)C(COC1OC(CO)C(OC2OC(CO)C(OC3OC(CO)C(O)C(O)C3O)C(O)C2O)C(O)C1O)NC(=O)CCC. The first kappa shape index (κ1) is 58.6. The molecule has 17 atom stereocenters. The van der Waals surface area contributed by atoms with Crippen molar-refractivity contribution in [3.05, 3.63) is 24.3 Å². The average molecular weight is 952 g/mol. The molecule has 0 radical (unpaired) electrons. The maximum absolute atomic E-state index is 12.6. The summed E-state index contributed by atoms with van der Waals surface area (Å²) in [5.74, 6) is -0.341. The topological polar surface area (TPSA) is 307 Å². The Morgan fingerprint density at radius 3 is 1.48 bits per heavy atom. The Kier molecular flexibility index (Phi) is 29.3. The van der Waals surface area contributed by atoms with Gasteiger partial charge in [0.25, 0.3) is 0 Å². The van der Waals surface area contributed by atoms with E-state index in [2.05, 4.69) is 24.4 Å². The standard InChI is InChI=1S/C47H85NO18/c1-3-5-6-7-8-9-10-11-12-13-14-15-16-17-18-19-20-21-22-23-25-31(52)30(48-35(53)24-4-2)29-61-45-41(59)38(56)43(33(27-50)63-45)66-47-42(60)39(57)44(34(28-51)64-47)65-46-40(58)37(55)36(54)32(26-49)62-46/h19-20,23,25,30-34,36-47,49-52,54-60H,3-18,21-22,24,26-29H2,1-2H3,(H,48,53)/b20-19+,25-23+. The van der Waals surface area contributed by atoms with Gasteiger partial charge in [0, 0.05) is 6.42 Å². The van der Waals surface area contributed by atoms with E-state index in [0.717, 1.165) is 19.3 Å². The van der Waals surface area contributed by atoms with Crippen LogP contribution in [0.1, 0.15) is 136 Å². The summed E-state index contributed by atoms with van der Waals surface area (Å²) in [5.41, 5.74) is 0. The van der Waals surface area contributed by atoms with Crippen molar-refractivity contribution in [2.24, 2.45) is 0 Å². The fourth-order valence-corrected chi connectivity index (χ4v) is 8.37. The summed E-state index contributed by atoms with van der Waals surface area (Å²) < 4.78 is 33.8. The van der Waals surface area contributed by atoms with Gasteiger partial charge in [0.15, 0.2) is 18.9 Å². The molecule has 19 nitrogen and oxygen atoms in total. The van der Waals surface area contributed by atoms with E-state index < -0.39 is 124 Å². The van der Waals surface area contributed by atoms with Gasteiger partial charge in [0.05, 0.1) is 38.6 Å². The van der Waals surface area contributed by atoms with Gasteiger partial charge < -0.3 is 89.9 Å². The Balaban J connectivity index is 1.45. The summed E-state index contributed by atoms with van der Waals surface area (Å²) >= 11 is 0. The second-order valence-electron chi connectivity index (χ2n) is 17.9. The lowest BCUT2D eigenvalue weighted by molar-refractivity contribution is -0.379. The van der Waals surface area contributed by atoms with Crippen LogP contribution in [0.5, 0.6) is 0 Å². The lowest BCUT2D eigenvalue weighted by atomic mass is 9.96. The quantitative estimate of drug-likeness (QED) is 0.0321. The minimum absolute atomic E-state index is 0.186. The number of carbonyl (C=O) groups is 1. The van der Waals surface area contributed by atoms with Crippen LogP contribution in [0.3, 0.4) is 0 Å². The molecule has 0 bridgehead atoms. The smallest absolute Gasteiger partial charge is 0.220 e. The number of aliphatic hydroxyl groups excluding tert-OH is 11. The van der Waals surface area contributed by atoms with E-state index in [9.17, 15) is 61.0 Å². The van der Waals surface area contributed by atoms with Crippen LogP contribution in [-0.2, 0) is 33.2 Å². The number of allylic oxidation sites excluding steroid dienone is 3. The van der Waals surface area contributed by atoms with E-state index in [-0.39, 0.29) is 18.9 Å². The van der Waals surface area contributed by atoms with Crippen molar-refractivity contribution < 1.29 is 89.4 Å². The van der Waals surface area contributed by atoms with Crippen LogP contribution < -0.4 is 5.32 Å². The van der Waals surface area contributed by atoms with Crippen LogP contribution in [0.4, 0.5) is 0 Å². The van der Waals surface area contributed by atoms with Crippen LogP contribution in [0.2, 0.25) is 0 Å². The molecule has 1 amide bonds. The Morgan fingerprint density at radius 1 is 0.530 bits per heavy atom. The van der Waals surface area contributed by atoms with Crippen LogP contribution in [0, 0.1) is 0 Å². The third-order valence-corrected chi connectivity index (χ3v) is 12.5. The molecule has 66 heavy (non-hydrogen) atoms. The van der Waals surface area contributed by atoms with E-state index >= 15 is 0 Å². The summed E-state index contributed by atoms with van der Waals surface area (Å²) in [7, 11) is 0. The molecule has 3 rings (SSSR count). The van der Waals surface area contributed by atoms with Crippen molar-refractivity contribution in [3.8, 4) is 0 Å². The molecule has 3 heterocycles. The first-order valence-corrected chi connectivity index (χ1v) is 24.6. The monoisotopic (exact) mass is 952 g/mol. The molecule has 19 heteroatoms. The molecular formula is C47H85NO18. The number of rotatable bonds is 33. The number of unbranched alkanes of at least 4 members (excludes halogenated alkanes) is 15. The van der Waals surface area contributed by atoms with E-state index in [1.54, 1.807) is 6.08 Å². The van der Waals surface area contributed by atoms with Gasteiger partial charge in [-0.05, 0) is 32.1 Å². The second-order valence-corrected chi connectivity index (χ2v) is 17.9. The zero-order chi connectivity index (χ0) is 48.4. The highest BCUT2D eigenvalue weighted by atomic mass is 16.8. The van der Waals surface area contributed by atoms with Crippen molar-refractivity contribution in [2.45, 2.75) is 240 Å². The van der Waals surface area contributed by atoms with E-state index in [0.29, 0.717) is 12.8 Å². The van der Waals surface area contributed by atoms with Gasteiger partial charge in [-0.2, -0.15) is 0 Å². The number of hydrogen-bond donors (Lipinski definition) is 12. The van der Waals surface area contributed by atoms with Crippen molar-refractivity contribution in [3.63, 3.8) is 0 Å². The van der Waals surface area contributed by atoms with Crippen molar-refractivity contribution >= 4 is 5.91 Å². The summed E-state index contributed by atoms with van der Waals surface area (Å²) in [6.45, 7) is 1.28. The van der Waals surface area contributed by atoms with Gasteiger partial charge >= 0.3 is 0 Å². The first-order chi connectivity index (χ1) is 31.8. The third-order valence-electron chi connectivity index (χ3n) is 12.5. The van der Waals surface area contributed by atoms with Gasteiger partial charge in [-0.15, -0.1) is 0 Å². The molecule has 0 aromatic carbocycles. The molecule has 3 aliphatic heterocycles.